The van der Waals surface area contributed by atoms with Gasteiger partial charge in [-0.25, -0.2) is 0 Å². The minimum absolute atomic E-state index is 0.146. The molecule has 2 heteroatoms. The Morgan fingerprint density at radius 1 is 1.36 bits per heavy atom. The van der Waals surface area contributed by atoms with E-state index in [1.54, 1.807) is 0 Å². The maximum Gasteiger partial charge on any atom is 0.0721 e. The third-order valence-electron chi connectivity index (χ3n) is 3.64. The molecule has 2 nitrogen and oxygen atoms in total. The van der Waals surface area contributed by atoms with Gasteiger partial charge in [-0.3, -0.25) is 0 Å². The van der Waals surface area contributed by atoms with Crippen LogP contribution >= 0.6 is 0 Å². The summed E-state index contributed by atoms with van der Waals surface area (Å²) < 4.78 is 0. The van der Waals surface area contributed by atoms with Gasteiger partial charge >= 0.3 is 0 Å². The highest BCUT2D eigenvalue weighted by molar-refractivity contribution is 4.85. The van der Waals surface area contributed by atoms with E-state index in [1.165, 1.54) is 6.42 Å². The van der Waals surface area contributed by atoms with Crippen molar-refractivity contribution in [3.05, 3.63) is 0 Å². The maximum absolute atomic E-state index is 10.2. The highest BCUT2D eigenvalue weighted by Gasteiger charge is 2.28. The van der Waals surface area contributed by atoms with Gasteiger partial charge in [0, 0.05) is 6.04 Å². The fourth-order valence-corrected chi connectivity index (χ4v) is 2.51. The van der Waals surface area contributed by atoms with Crippen molar-refractivity contribution >= 4 is 0 Å². The highest BCUT2D eigenvalue weighted by Crippen LogP contribution is 2.23. The molecule has 0 spiro atoms. The predicted molar refractivity (Wildman–Crippen MR) is 60.3 cm³/mol. The van der Waals surface area contributed by atoms with Gasteiger partial charge in [-0.1, -0.05) is 33.6 Å². The predicted octanol–water partition coefficient (Wildman–Crippen LogP) is 2.17. The van der Waals surface area contributed by atoms with Gasteiger partial charge in [0.05, 0.1) is 6.10 Å². The standard InChI is InChI=1S/C12H25NO/c1-4-10(5-2)12(14)11-8-9(3)6-7-13-11/h9-14H,4-8H2,1-3H3. The molecule has 3 unspecified atom stereocenters. The van der Waals surface area contributed by atoms with Crippen molar-refractivity contribution in [1.82, 2.24) is 5.32 Å². The molecule has 84 valence electrons. The molecule has 1 aliphatic heterocycles. The lowest BCUT2D eigenvalue weighted by Crippen LogP contribution is -2.48. The normalized spacial score (nSPS) is 30.6. The zero-order valence-electron chi connectivity index (χ0n) is 9.79. The minimum atomic E-state index is -0.146. The van der Waals surface area contributed by atoms with Gasteiger partial charge in [-0.2, -0.15) is 0 Å². The Morgan fingerprint density at radius 2 is 2.00 bits per heavy atom. The highest BCUT2D eigenvalue weighted by atomic mass is 16.3. The molecule has 0 aliphatic carbocycles. The van der Waals surface area contributed by atoms with E-state index in [9.17, 15) is 5.11 Å². The molecule has 1 aliphatic rings. The lowest BCUT2D eigenvalue weighted by atomic mass is 9.84. The molecule has 2 N–H and O–H groups in total. The van der Waals surface area contributed by atoms with Crippen molar-refractivity contribution in [3.63, 3.8) is 0 Å². The first kappa shape index (κ1) is 12.0. The lowest BCUT2D eigenvalue weighted by Gasteiger charge is -2.35. The summed E-state index contributed by atoms with van der Waals surface area (Å²) in [5.41, 5.74) is 0. The van der Waals surface area contributed by atoms with Crippen molar-refractivity contribution in [1.29, 1.82) is 0 Å². The van der Waals surface area contributed by atoms with E-state index >= 15 is 0 Å². The summed E-state index contributed by atoms with van der Waals surface area (Å²) in [5.74, 6) is 1.24. The van der Waals surface area contributed by atoms with Crippen molar-refractivity contribution in [2.75, 3.05) is 6.54 Å². The van der Waals surface area contributed by atoms with Crippen LogP contribution in [-0.4, -0.2) is 23.8 Å². The van der Waals surface area contributed by atoms with Gasteiger partial charge < -0.3 is 10.4 Å². The average Bonchev–Trinajstić information content (AvgIpc) is 2.19. The monoisotopic (exact) mass is 199 g/mol. The number of hydrogen-bond acceptors (Lipinski definition) is 2. The number of aliphatic hydroxyl groups excluding tert-OH is 1. The smallest absolute Gasteiger partial charge is 0.0721 e. The molecule has 1 heterocycles. The van der Waals surface area contributed by atoms with E-state index in [4.69, 9.17) is 0 Å². The second-order valence-electron chi connectivity index (χ2n) is 4.76. The van der Waals surface area contributed by atoms with Crippen LogP contribution in [0.5, 0.6) is 0 Å². The summed E-state index contributed by atoms with van der Waals surface area (Å²) in [4.78, 5) is 0. The topological polar surface area (TPSA) is 32.3 Å². The van der Waals surface area contributed by atoms with Crippen molar-refractivity contribution in [2.24, 2.45) is 11.8 Å². The maximum atomic E-state index is 10.2. The van der Waals surface area contributed by atoms with E-state index in [0.29, 0.717) is 12.0 Å². The van der Waals surface area contributed by atoms with Crippen molar-refractivity contribution in [2.45, 2.75) is 58.6 Å². The van der Waals surface area contributed by atoms with Gasteiger partial charge in [0.1, 0.15) is 0 Å². The van der Waals surface area contributed by atoms with Gasteiger partial charge in [0.15, 0.2) is 0 Å². The molecule has 0 amide bonds. The van der Waals surface area contributed by atoms with Crippen LogP contribution in [0.25, 0.3) is 0 Å². The van der Waals surface area contributed by atoms with E-state index in [1.807, 2.05) is 0 Å². The summed E-state index contributed by atoms with van der Waals surface area (Å²) in [5, 5.41) is 13.6. The number of hydrogen-bond donors (Lipinski definition) is 2. The van der Waals surface area contributed by atoms with E-state index in [-0.39, 0.29) is 6.10 Å². The van der Waals surface area contributed by atoms with Crippen molar-refractivity contribution in [3.8, 4) is 0 Å². The second-order valence-corrected chi connectivity index (χ2v) is 4.76. The fourth-order valence-electron chi connectivity index (χ4n) is 2.51. The quantitative estimate of drug-likeness (QED) is 0.727. The molecule has 1 fully saturated rings. The fraction of sp³-hybridized carbons (Fsp3) is 1.00. The van der Waals surface area contributed by atoms with Crippen LogP contribution < -0.4 is 5.32 Å². The van der Waals surface area contributed by atoms with Crippen molar-refractivity contribution < 1.29 is 5.11 Å². The first-order chi connectivity index (χ1) is 6.69. The summed E-state index contributed by atoms with van der Waals surface area (Å²) in [6.45, 7) is 7.70. The number of piperidine rings is 1. The van der Waals surface area contributed by atoms with E-state index in [0.717, 1.165) is 31.7 Å². The van der Waals surface area contributed by atoms with E-state index < -0.39 is 0 Å². The van der Waals surface area contributed by atoms with E-state index in [2.05, 4.69) is 26.1 Å². The Morgan fingerprint density at radius 3 is 2.50 bits per heavy atom. The van der Waals surface area contributed by atoms with Gasteiger partial charge in [-0.15, -0.1) is 0 Å². The molecule has 0 bridgehead atoms. The largest absolute Gasteiger partial charge is 0.391 e. The minimum Gasteiger partial charge on any atom is -0.391 e. The summed E-state index contributed by atoms with van der Waals surface area (Å²) in [6.07, 6.45) is 4.42. The van der Waals surface area contributed by atoms with Crippen LogP contribution in [0.4, 0.5) is 0 Å². The van der Waals surface area contributed by atoms with Crippen LogP contribution in [0.2, 0.25) is 0 Å². The number of rotatable bonds is 4. The third-order valence-corrected chi connectivity index (χ3v) is 3.64. The Balaban J connectivity index is 2.45. The second kappa shape index (κ2) is 5.72. The average molecular weight is 199 g/mol. The zero-order valence-corrected chi connectivity index (χ0v) is 9.79. The van der Waals surface area contributed by atoms with Crippen LogP contribution in [0.15, 0.2) is 0 Å². The Hall–Kier alpha value is -0.0800. The lowest BCUT2D eigenvalue weighted by molar-refractivity contribution is 0.0466. The van der Waals surface area contributed by atoms with Crippen LogP contribution in [0.3, 0.4) is 0 Å². The Labute approximate surface area is 88.1 Å². The molecular formula is C12H25NO. The molecule has 0 radical (unpaired) electrons. The molecular weight excluding hydrogens is 174 g/mol. The van der Waals surface area contributed by atoms with Crippen LogP contribution in [0.1, 0.15) is 46.5 Å². The first-order valence-electron chi connectivity index (χ1n) is 6.10. The van der Waals surface area contributed by atoms with Gasteiger partial charge in [0.25, 0.3) is 0 Å². The Bertz CT molecular complexity index is 156. The van der Waals surface area contributed by atoms with Crippen LogP contribution in [-0.2, 0) is 0 Å². The first-order valence-corrected chi connectivity index (χ1v) is 6.10. The molecule has 0 aromatic heterocycles. The SMILES string of the molecule is CCC(CC)C(O)C1CC(C)CCN1. The summed E-state index contributed by atoms with van der Waals surface area (Å²) in [6, 6.07) is 0.337. The molecule has 0 saturated carbocycles. The van der Waals surface area contributed by atoms with Gasteiger partial charge in [-0.05, 0) is 31.2 Å². The Kier molecular flexibility index (Phi) is 4.90. The number of aliphatic hydroxyl groups is 1. The van der Waals surface area contributed by atoms with Crippen LogP contribution in [0, 0.1) is 11.8 Å². The summed E-state index contributed by atoms with van der Waals surface area (Å²) >= 11 is 0. The number of nitrogens with one attached hydrogen (secondary N) is 1. The van der Waals surface area contributed by atoms with Gasteiger partial charge in [0.2, 0.25) is 0 Å². The molecule has 1 saturated heterocycles. The molecule has 3 atom stereocenters. The molecule has 0 aromatic rings. The third kappa shape index (κ3) is 2.96. The zero-order chi connectivity index (χ0) is 10.6. The summed E-state index contributed by atoms with van der Waals surface area (Å²) in [7, 11) is 0. The molecule has 14 heavy (non-hydrogen) atoms. The molecule has 1 rings (SSSR count). The molecule has 0 aromatic carbocycles.